The highest BCUT2D eigenvalue weighted by Gasteiger charge is 2.58. The number of carbonyl (C=O) groups is 2. The molecule has 0 unspecified atom stereocenters. The fraction of sp³-hybridized carbons (Fsp3) is 0.278. The zero-order valence-electron chi connectivity index (χ0n) is 14.0. The predicted molar refractivity (Wildman–Crippen MR) is 92.1 cm³/mol. The van der Waals surface area contributed by atoms with Crippen LogP contribution in [0.4, 0.5) is 14.6 Å². The molecule has 2 aliphatic heterocycles. The van der Waals surface area contributed by atoms with Crippen LogP contribution in [0, 0.1) is 11.6 Å². The minimum Gasteiger partial charge on any atom is -0.375 e. The van der Waals surface area contributed by atoms with E-state index >= 15 is 0 Å². The fourth-order valence-corrected chi connectivity index (χ4v) is 3.41. The molecule has 0 N–H and O–H groups in total. The molecule has 2 aromatic rings. The molecule has 1 aromatic heterocycles. The Labute approximate surface area is 158 Å². The summed E-state index contributed by atoms with van der Waals surface area (Å²) in [4.78, 5) is 32.2. The van der Waals surface area contributed by atoms with Gasteiger partial charge in [-0.25, -0.2) is 13.8 Å². The first kappa shape index (κ1) is 17.8. The average molecular weight is 394 g/mol. The molecule has 3 heterocycles. The van der Waals surface area contributed by atoms with Crippen LogP contribution in [0.25, 0.3) is 0 Å². The van der Waals surface area contributed by atoms with Crippen LogP contribution in [-0.4, -0.2) is 47.0 Å². The number of nitrogens with zero attached hydrogens (tertiary/aromatic N) is 3. The number of pyridine rings is 1. The number of hydrogen-bond acceptors (Lipinski definition) is 4. The Kier molecular flexibility index (Phi) is 4.32. The van der Waals surface area contributed by atoms with Gasteiger partial charge in [-0.2, -0.15) is 0 Å². The molecule has 1 aromatic carbocycles. The summed E-state index contributed by atoms with van der Waals surface area (Å²) in [7, 11) is 0. The zero-order valence-corrected chi connectivity index (χ0v) is 14.7. The van der Waals surface area contributed by atoms with E-state index in [4.69, 9.17) is 16.3 Å². The predicted octanol–water partition coefficient (Wildman–Crippen LogP) is 2.16. The highest BCUT2D eigenvalue weighted by molar-refractivity contribution is 6.30. The fourth-order valence-electron chi connectivity index (χ4n) is 3.26. The molecular formula is C18H14ClF2N3O3. The number of benzene rings is 1. The molecule has 0 saturated carbocycles. The molecule has 140 valence electrons. The van der Waals surface area contributed by atoms with Crippen molar-refractivity contribution in [1.29, 1.82) is 0 Å². The van der Waals surface area contributed by atoms with Gasteiger partial charge >= 0.3 is 0 Å². The number of anilines is 1. The first-order valence-electron chi connectivity index (χ1n) is 8.16. The van der Waals surface area contributed by atoms with Crippen molar-refractivity contribution in [2.24, 2.45) is 0 Å². The second-order valence-electron chi connectivity index (χ2n) is 6.48. The van der Waals surface area contributed by atoms with Crippen LogP contribution in [0.15, 0.2) is 36.5 Å². The van der Waals surface area contributed by atoms with Crippen LogP contribution < -0.4 is 4.90 Å². The quantitative estimate of drug-likeness (QED) is 0.801. The van der Waals surface area contributed by atoms with Gasteiger partial charge < -0.3 is 9.64 Å². The van der Waals surface area contributed by atoms with Gasteiger partial charge in [0, 0.05) is 12.7 Å². The molecule has 2 aliphatic rings. The van der Waals surface area contributed by atoms with E-state index in [-0.39, 0.29) is 43.1 Å². The van der Waals surface area contributed by atoms with Gasteiger partial charge in [-0.3, -0.25) is 14.5 Å². The van der Waals surface area contributed by atoms with Crippen LogP contribution >= 0.6 is 11.6 Å². The number of piperazine rings is 1. The molecule has 2 fully saturated rings. The smallest absolute Gasteiger partial charge is 0.259 e. The summed E-state index contributed by atoms with van der Waals surface area (Å²) in [6.45, 7) is -0.221. The first-order chi connectivity index (χ1) is 12.9. The summed E-state index contributed by atoms with van der Waals surface area (Å²) in [5.41, 5.74) is -0.551. The summed E-state index contributed by atoms with van der Waals surface area (Å²) in [6, 6.07) is 6.71. The van der Waals surface area contributed by atoms with Crippen molar-refractivity contribution in [2.75, 3.05) is 24.7 Å². The van der Waals surface area contributed by atoms with Crippen molar-refractivity contribution in [3.8, 4) is 0 Å². The van der Waals surface area contributed by atoms with Crippen molar-refractivity contribution in [1.82, 2.24) is 9.88 Å². The molecule has 6 nitrogen and oxygen atoms in total. The maximum atomic E-state index is 14.3. The van der Waals surface area contributed by atoms with E-state index < -0.39 is 23.1 Å². The van der Waals surface area contributed by atoms with Gasteiger partial charge in [0.2, 0.25) is 5.91 Å². The number of halogens is 3. The molecule has 0 atom stereocenters. The molecule has 4 rings (SSSR count). The lowest BCUT2D eigenvalue weighted by molar-refractivity contribution is -0.184. The Morgan fingerprint density at radius 3 is 2.48 bits per heavy atom. The van der Waals surface area contributed by atoms with E-state index in [1.165, 1.54) is 23.2 Å². The average Bonchev–Trinajstić information content (AvgIpc) is 2.59. The Hall–Kier alpha value is -2.58. The van der Waals surface area contributed by atoms with Crippen molar-refractivity contribution >= 4 is 29.2 Å². The number of carbonyl (C=O) groups excluding carboxylic acids is 2. The van der Waals surface area contributed by atoms with Gasteiger partial charge in [0.05, 0.1) is 18.2 Å². The zero-order chi connectivity index (χ0) is 19.2. The summed E-state index contributed by atoms with van der Waals surface area (Å²) >= 11 is 5.71. The summed E-state index contributed by atoms with van der Waals surface area (Å²) in [6.07, 6.45) is 1.21. The second kappa shape index (κ2) is 6.54. The maximum Gasteiger partial charge on any atom is 0.259 e. The third-order valence-corrected chi connectivity index (χ3v) is 4.94. The Morgan fingerprint density at radius 1 is 1.19 bits per heavy atom. The molecule has 2 saturated heterocycles. The second-order valence-corrected chi connectivity index (χ2v) is 6.92. The molecule has 2 amide bonds. The van der Waals surface area contributed by atoms with E-state index in [0.29, 0.717) is 5.56 Å². The van der Waals surface area contributed by atoms with E-state index in [0.717, 1.165) is 11.0 Å². The molecule has 0 radical (unpaired) electrons. The minimum atomic E-state index is -1.22. The van der Waals surface area contributed by atoms with Gasteiger partial charge in [-0.1, -0.05) is 23.7 Å². The molecule has 9 heteroatoms. The lowest BCUT2D eigenvalue weighted by atomic mass is 9.89. The SMILES string of the molecule is O=C1CN(c2ncc(Cl)cc2F)C(=O)C2(COC2)N1Cc1ccc(F)cc1. The summed E-state index contributed by atoms with van der Waals surface area (Å²) in [5.74, 6) is -2.27. The summed E-state index contributed by atoms with van der Waals surface area (Å²) in [5, 5.41) is 0.0895. The minimum absolute atomic E-state index is 0.00444. The largest absolute Gasteiger partial charge is 0.375 e. The van der Waals surface area contributed by atoms with Crippen molar-refractivity contribution in [2.45, 2.75) is 12.1 Å². The topological polar surface area (TPSA) is 62.7 Å². The maximum absolute atomic E-state index is 14.3. The number of ether oxygens (including phenoxy) is 1. The van der Waals surface area contributed by atoms with Crippen LogP contribution in [0.2, 0.25) is 5.02 Å². The van der Waals surface area contributed by atoms with E-state index in [9.17, 15) is 18.4 Å². The van der Waals surface area contributed by atoms with Gasteiger partial charge in [-0.15, -0.1) is 0 Å². The third-order valence-electron chi connectivity index (χ3n) is 4.73. The highest BCUT2D eigenvalue weighted by atomic mass is 35.5. The number of aromatic nitrogens is 1. The lowest BCUT2D eigenvalue weighted by Crippen LogP contribution is -2.76. The molecule has 27 heavy (non-hydrogen) atoms. The number of amides is 2. The van der Waals surface area contributed by atoms with E-state index in [1.807, 2.05) is 0 Å². The van der Waals surface area contributed by atoms with Crippen molar-refractivity contribution in [3.63, 3.8) is 0 Å². The number of hydrogen-bond donors (Lipinski definition) is 0. The monoisotopic (exact) mass is 393 g/mol. The molecule has 0 bridgehead atoms. The van der Waals surface area contributed by atoms with Gasteiger partial charge in [0.1, 0.15) is 12.4 Å². The third kappa shape index (κ3) is 2.94. The van der Waals surface area contributed by atoms with Crippen molar-refractivity contribution in [3.05, 3.63) is 58.7 Å². The summed E-state index contributed by atoms with van der Waals surface area (Å²) < 4.78 is 32.6. The molecule has 1 spiro atoms. The standard InChI is InChI=1S/C18H14ClF2N3O3/c19-12-5-14(21)16(22-6-12)23-8-15(25)24(18(17(23)26)9-27-10-18)7-11-1-3-13(20)4-2-11/h1-6H,7-10H2. The normalized spacial score (nSPS) is 18.8. The van der Waals surface area contributed by atoms with Crippen molar-refractivity contribution < 1.29 is 23.1 Å². The lowest BCUT2D eigenvalue weighted by Gasteiger charge is -2.52. The van der Waals surface area contributed by atoms with Crippen LogP contribution in [0.1, 0.15) is 5.56 Å². The van der Waals surface area contributed by atoms with Gasteiger partial charge in [0.25, 0.3) is 5.91 Å². The number of rotatable bonds is 3. The van der Waals surface area contributed by atoms with E-state index in [1.54, 1.807) is 12.1 Å². The Bertz CT molecular complexity index is 919. The van der Waals surface area contributed by atoms with Crippen LogP contribution in [0.5, 0.6) is 0 Å². The highest BCUT2D eigenvalue weighted by Crippen LogP contribution is 2.35. The Balaban J connectivity index is 1.66. The van der Waals surface area contributed by atoms with Gasteiger partial charge in [-0.05, 0) is 23.8 Å². The van der Waals surface area contributed by atoms with Crippen LogP contribution in [-0.2, 0) is 20.9 Å². The van der Waals surface area contributed by atoms with E-state index in [2.05, 4.69) is 4.98 Å². The van der Waals surface area contributed by atoms with Gasteiger partial charge in [0.15, 0.2) is 17.2 Å². The molecule has 0 aliphatic carbocycles. The first-order valence-corrected chi connectivity index (χ1v) is 8.54. The van der Waals surface area contributed by atoms with Crippen LogP contribution in [0.3, 0.4) is 0 Å². The molecular weight excluding hydrogens is 380 g/mol. The Morgan fingerprint density at radius 2 is 1.89 bits per heavy atom.